The number of hydrogen-bond acceptors (Lipinski definition) is 2. The summed E-state index contributed by atoms with van der Waals surface area (Å²) in [4.78, 5) is 10.5. The van der Waals surface area contributed by atoms with Gasteiger partial charge in [0.05, 0.1) is 6.61 Å². The zero-order chi connectivity index (χ0) is 13.4. The van der Waals surface area contributed by atoms with Gasteiger partial charge in [-0.1, -0.05) is 19.9 Å². The summed E-state index contributed by atoms with van der Waals surface area (Å²) >= 11 is 0. The molecule has 1 aromatic rings. The number of carbonyl (C=O) groups is 1. The fourth-order valence-electron chi connectivity index (χ4n) is 1.92. The first-order valence-electron chi connectivity index (χ1n) is 6.63. The lowest BCUT2D eigenvalue weighted by Gasteiger charge is -2.11. The van der Waals surface area contributed by atoms with Crippen LogP contribution >= 0.6 is 0 Å². The number of ether oxygens (including phenoxy) is 1. The van der Waals surface area contributed by atoms with E-state index < -0.39 is 5.97 Å². The van der Waals surface area contributed by atoms with Crippen molar-refractivity contribution >= 4 is 5.97 Å². The zero-order valence-corrected chi connectivity index (χ0v) is 11.2. The summed E-state index contributed by atoms with van der Waals surface area (Å²) in [5, 5.41) is 8.64. The van der Waals surface area contributed by atoms with Crippen molar-refractivity contribution in [1.82, 2.24) is 0 Å². The number of rotatable bonds is 8. The molecular weight excluding hydrogens is 228 g/mol. The highest BCUT2D eigenvalue weighted by Crippen LogP contribution is 2.20. The van der Waals surface area contributed by atoms with Crippen molar-refractivity contribution < 1.29 is 14.6 Å². The number of benzene rings is 1. The van der Waals surface area contributed by atoms with Gasteiger partial charge in [-0.2, -0.15) is 0 Å². The SMILES string of the molecule is CCCOc1ccc(CCCC(=O)O)c(CC)c1. The molecule has 0 saturated heterocycles. The lowest BCUT2D eigenvalue weighted by atomic mass is 10.00. The third-order valence-corrected chi connectivity index (χ3v) is 2.87. The largest absolute Gasteiger partial charge is 0.494 e. The fraction of sp³-hybridized carbons (Fsp3) is 0.533. The molecule has 0 bridgehead atoms. The Morgan fingerprint density at radius 2 is 2.06 bits per heavy atom. The Hall–Kier alpha value is -1.51. The Morgan fingerprint density at radius 3 is 2.67 bits per heavy atom. The number of aryl methyl sites for hydroxylation is 2. The van der Waals surface area contributed by atoms with Gasteiger partial charge in [-0.25, -0.2) is 0 Å². The minimum atomic E-state index is -0.726. The highest BCUT2D eigenvalue weighted by atomic mass is 16.5. The second kappa shape index (κ2) is 7.75. The van der Waals surface area contributed by atoms with Crippen LogP contribution in [0.5, 0.6) is 5.75 Å². The summed E-state index contributed by atoms with van der Waals surface area (Å²) in [6, 6.07) is 6.11. The highest BCUT2D eigenvalue weighted by Gasteiger charge is 2.05. The molecular formula is C15H22O3. The van der Waals surface area contributed by atoms with Crippen molar-refractivity contribution in [1.29, 1.82) is 0 Å². The number of aliphatic carboxylic acids is 1. The molecule has 1 rings (SSSR count). The molecule has 0 radical (unpaired) electrons. The van der Waals surface area contributed by atoms with Crippen LogP contribution in [0.3, 0.4) is 0 Å². The molecule has 1 aromatic carbocycles. The third-order valence-electron chi connectivity index (χ3n) is 2.87. The number of hydrogen-bond donors (Lipinski definition) is 1. The van der Waals surface area contributed by atoms with Crippen molar-refractivity contribution in [3.8, 4) is 5.75 Å². The maximum Gasteiger partial charge on any atom is 0.303 e. The van der Waals surface area contributed by atoms with E-state index in [0.717, 1.165) is 31.6 Å². The van der Waals surface area contributed by atoms with Crippen LogP contribution in [0.25, 0.3) is 0 Å². The van der Waals surface area contributed by atoms with Gasteiger partial charge in [-0.15, -0.1) is 0 Å². The number of carboxylic acid groups (broad SMARTS) is 1. The minimum absolute atomic E-state index is 0.233. The topological polar surface area (TPSA) is 46.5 Å². The van der Waals surface area contributed by atoms with Gasteiger partial charge in [0.15, 0.2) is 0 Å². The van der Waals surface area contributed by atoms with E-state index in [0.29, 0.717) is 6.42 Å². The van der Waals surface area contributed by atoms with Gasteiger partial charge in [-0.05, 0) is 48.9 Å². The van der Waals surface area contributed by atoms with Gasteiger partial charge in [-0.3, -0.25) is 4.79 Å². The van der Waals surface area contributed by atoms with Crippen LogP contribution in [0.15, 0.2) is 18.2 Å². The van der Waals surface area contributed by atoms with Crippen molar-refractivity contribution in [3.63, 3.8) is 0 Å². The van der Waals surface area contributed by atoms with E-state index in [1.54, 1.807) is 0 Å². The van der Waals surface area contributed by atoms with Crippen LogP contribution in [-0.4, -0.2) is 17.7 Å². The minimum Gasteiger partial charge on any atom is -0.494 e. The first-order chi connectivity index (χ1) is 8.67. The molecule has 3 heteroatoms. The van der Waals surface area contributed by atoms with E-state index in [1.165, 1.54) is 11.1 Å². The standard InChI is InChI=1S/C15H22O3/c1-3-10-18-14-9-8-13(12(4-2)11-14)6-5-7-15(16)17/h8-9,11H,3-7,10H2,1-2H3,(H,16,17). The molecule has 0 heterocycles. The van der Waals surface area contributed by atoms with Gasteiger partial charge >= 0.3 is 5.97 Å². The molecule has 0 unspecified atom stereocenters. The maximum absolute atomic E-state index is 10.5. The number of carboxylic acids is 1. The molecule has 0 amide bonds. The molecule has 1 N–H and O–H groups in total. The van der Waals surface area contributed by atoms with Crippen molar-refractivity contribution in [2.75, 3.05) is 6.61 Å². The summed E-state index contributed by atoms with van der Waals surface area (Å²) in [7, 11) is 0. The Kier molecular flexibility index (Phi) is 6.26. The molecule has 0 aliphatic rings. The zero-order valence-electron chi connectivity index (χ0n) is 11.2. The maximum atomic E-state index is 10.5. The van der Waals surface area contributed by atoms with Crippen LogP contribution in [0.1, 0.15) is 44.2 Å². The third kappa shape index (κ3) is 4.78. The molecule has 3 nitrogen and oxygen atoms in total. The highest BCUT2D eigenvalue weighted by molar-refractivity contribution is 5.66. The van der Waals surface area contributed by atoms with Crippen molar-refractivity contribution in [2.45, 2.75) is 46.0 Å². The Labute approximate surface area is 109 Å². The Balaban J connectivity index is 2.64. The van der Waals surface area contributed by atoms with E-state index in [4.69, 9.17) is 9.84 Å². The van der Waals surface area contributed by atoms with Crippen LogP contribution < -0.4 is 4.74 Å². The lowest BCUT2D eigenvalue weighted by Crippen LogP contribution is -2.00. The molecule has 0 aliphatic heterocycles. The van der Waals surface area contributed by atoms with E-state index in [9.17, 15) is 4.79 Å². The predicted molar refractivity (Wildman–Crippen MR) is 72.2 cm³/mol. The molecule has 0 atom stereocenters. The second-order valence-corrected chi connectivity index (χ2v) is 4.38. The quantitative estimate of drug-likeness (QED) is 0.768. The van der Waals surface area contributed by atoms with Crippen LogP contribution in [0, 0.1) is 0 Å². The normalized spacial score (nSPS) is 10.3. The summed E-state index contributed by atoms with van der Waals surface area (Å²) in [5.41, 5.74) is 2.50. The lowest BCUT2D eigenvalue weighted by molar-refractivity contribution is -0.137. The average molecular weight is 250 g/mol. The molecule has 100 valence electrons. The second-order valence-electron chi connectivity index (χ2n) is 4.38. The van der Waals surface area contributed by atoms with Crippen molar-refractivity contribution in [3.05, 3.63) is 29.3 Å². The van der Waals surface area contributed by atoms with Crippen LogP contribution in [0.4, 0.5) is 0 Å². The summed E-state index contributed by atoms with van der Waals surface area (Å²) < 4.78 is 5.60. The van der Waals surface area contributed by atoms with Crippen LogP contribution in [0.2, 0.25) is 0 Å². The summed E-state index contributed by atoms with van der Waals surface area (Å²) in [5.74, 6) is 0.187. The average Bonchev–Trinajstić information content (AvgIpc) is 2.36. The molecule has 0 aromatic heterocycles. The van der Waals surface area contributed by atoms with Crippen LogP contribution in [-0.2, 0) is 17.6 Å². The van der Waals surface area contributed by atoms with Gasteiger partial charge in [0.25, 0.3) is 0 Å². The molecule has 0 fully saturated rings. The van der Waals surface area contributed by atoms with Crippen molar-refractivity contribution in [2.24, 2.45) is 0 Å². The van der Waals surface area contributed by atoms with Gasteiger partial charge in [0.2, 0.25) is 0 Å². The monoisotopic (exact) mass is 250 g/mol. The van der Waals surface area contributed by atoms with E-state index in [2.05, 4.69) is 26.0 Å². The predicted octanol–water partition coefficient (Wildman–Crippen LogP) is 3.45. The Morgan fingerprint density at radius 1 is 1.28 bits per heavy atom. The van der Waals surface area contributed by atoms with E-state index in [-0.39, 0.29) is 6.42 Å². The first kappa shape index (κ1) is 14.6. The van der Waals surface area contributed by atoms with Gasteiger partial charge in [0.1, 0.15) is 5.75 Å². The Bertz CT molecular complexity index is 385. The molecule has 0 aliphatic carbocycles. The molecule has 0 saturated carbocycles. The van der Waals surface area contributed by atoms with Gasteiger partial charge < -0.3 is 9.84 Å². The summed E-state index contributed by atoms with van der Waals surface area (Å²) in [6.07, 6.45) is 3.70. The first-order valence-corrected chi connectivity index (χ1v) is 6.63. The summed E-state index contributed by atoms with van der Waals surface area (Å²) in [6.45, 7) is 4.93. The smallest absolute Gasteiger partial charge is 0.303 e. The van der Waals surface area contributed by atoms with Gasteiger partial charge in [0, 0.05) is 6.42 Å². The fourth-order valence-corrected chi connectivity index (χ4v) is 1.92. The molecule has 18 heavy (non-hydrogen) atoms. The van der Waals surface area contributed by atoms with E-state index in [1.807, 2.05) is 6.07 Å². The molecule has 0 spiro atoms. The van der Waals surface area contributed by atoms with E-state index >= 15 is 0 Å².